The topological polar surface area (TPSA) is 61.4 Å². The van der Waals surface area contributed by atoms with Crippen LogP contribution in [0.4, 0.5) is 5.69 Å². The van der Waals surface area contributed by atoms with Crippen LogP contribution in [0.1, 0.15) is 46.8 Å². The Morgan fingerprint density at radius 1 is 1.30 bits per heavy atom. The summed E-state index contributed by atoms with van der Waals surface area (Å²) in [7, 11) is 0. The molecule has 140 valence electrons. The average Bonchev–Trinajstić information content (AvgIpc) is 3.14. The van der Waals surface area contributed by atoms with Crippen molar-refractivity contribution in [3.8, 4) is 5.75 Å². The van der Waals surface area contributed by atoms with Crippen molar-refractivity contribution in [1.29, 1.82) is 0 Å². The maximum Gasteiger partial charge on any atom is 0.253 e. The number of aromatic hydroxyl groups is 1. The fraction of sp³-hybridized carbons (Fsp3) is 0.286. The van der Waals surface area contributed by atoms with Crippen molar-refractivity contribution in [2.24, 2.45) is 5.92 Å². The molecular formula is C21H20Cl2N2O2. The third kappa shape index (κ3) is 3.07. The summed E-state index contributed by atoms with van der Waals surface area (Å²) < 4.78 is 0. The van der Waals surface area contributed by atoms with Gasteiger partial charge in [-0.2, -0.15) is 0 Å². The molecular weight excluding hydrogens is 383 g/mol. The fourth-order valence-electron chi connectivity index (χ4n) is 4.20. The average molecular weight is 403 g/mol. The smallest absolute Gasteiger partial charge is 0.253 e. The van der Waals surface area contributed by atoms with E-state index in [4.69, 9.17) is 23.2 Å². The second-order valence-corrected chi connectivity index (χ2v) is 7.77. The number of allylic oxidation sites excluding steroid dienone is 2. The van der Waals surface area contributed by atoms with Crippen molar-refractivity contribution >= 4 is 34.8 Å². The van der Waals surface area contributed by atoms with Gasteiger partial charge in [-0.05, 0) is 43.0 Å². The molecule has 3 atom stereocenters. The zero-order chi connectivity index (χ0) is 19.1. The maximum absolute atomic E-state index is 12.6. The van der Waals surface area contributed by atoms with E-state index >= 15 is 0 Å². The Bertz CT molecular complexity index is 942. The Hall–Kier alpha value is -2.17. The molecule has 0 saturated carbocycles. The molecule has 3 N–H and O–H groups in total. The molecule has 0 saturated heterocycles. The lowest BCUT2D eigenvalue weighted by Crippen LogP contribution is -2.32. The van der Waals surface area contributed by atoms with E-state index in [1.165, 1.54) is 6.07 Å². The molecule has 1 amide bonds. The minimum atomic E-state index is -0.204. The highest BCUT2D eigenvalue weighted by molar-refractivity contribution is 6.35. The van der Waals surface area contributed by atoms with E-state index in [2.05, 4.69) is 28.9 Å². The van der Waals surface area contributed by atoms with E-state index in [9.17, 15) is 9.90 Å². The number of benzene rings is 2. The highest BCUT2D eigenvalue weighted by Gasteiger charge is 2.40. The molecule has 6 heteroatoms. The Morgan fingerprint density at radius 3 is 2.89 bits per heavy atom. The van der Waals surface area contributed by atoms with Crippen LogP contribution in [-0.4, -0.2) is 17.6 Å². The minimum Gasteiger partial charge on any atom is -0.506 e. The number of rotatable bonds is 3. The summed E-state index contributed by atoms with van der Waals surface area (Å²) in [6.07, 6.45) is 5.21. The van der Waals surface area contributed by atoms with Crippen molar-refractivity contribution < 1.29 is 9.90 Å². The van der Waals surface area contributed by atoms with Crippen LogP contribution in [0.5, 0.6) is 5.75 Å². The third-order valence-electron chi connectivity index (χ3n) is 5.37. The number of amides is 1. The summed E-state index contributed by atoms with van der Waals surface area (Å²) in [6.45, 7) is 2.45. The van der Waals surface area contributed by atoms with Crippen LogP contribution < -0.4 is 10.6 Å². The van der Waals surface area contributed by atoms with Crippen molar-refractivity contribution in [1.82, 2.24) is 5.32 Å². The van der Waals surface area contributed by atoms with Crippen molar-refractivity contribution in [2.75, 3.05) is 11.9 Å². The predicted octanol–water partition coefficient (Wildman–Crippen LogP) is 5.28. The molecule has 2 aromatic rings. The lowest BCUT2D eigenvalue weighted by Gasteiger charge is -2.38. The number of hydrogen-bond acceptors (Lipinski definition) is 3. The van der Waals surface area contributed by atoms with E-state index in [0.29, 0.717) is 22.7 Å². The molecule has 3 unspecified atom stereocenters. The van der Waals surface area contributed by atoms with Gasteiger partial charge in [0.25, 0.3) is 5.91 Å². The lowest BCUT2D eigenvalue weighted by atomic mass is 9.76. The number of carbonyl (C=O) groups is 1. The first-order valence-corrected chi connectivity index (χ1v) is 9.79. The zero-order valence-corrected chi connectivity index (χ0v) is 16.3. The molecule has 4 nitrogen and oxygen atoms in total. The van der Waals surface area contributed by atoms with Crippen LogP contribution in [0.2, 0.25) is 10.0 Å². The van der Waals surface area contributed by atoms with Crippen LogP contribution in [0.25, 0.3) is 0 Å². The van der Waals surface area contributed by atoms with E-state index in [1.807, 2.05) is 19.1 Å². The van der Waals surface area contributed by atoms with Gasteiger partial charge in [0.2, 0.25) is 0 Å². The number of anilines is 1. The first kappa shape index (κ1) is 18.2. The predicted molar refractivity (Wildman–Crippen MR) is 109 cm³/mol. The van der Waals surface area contributed by atoms with Gasteiger partial charge in [0.05, 0.1) is 22.3 Å². The third-order valence-corrected chi connectivity index (χ3v) is 5.88. The molecule has 4 rings (SSSR count). The number of phenols is 1. The van der Waals surface area contributed by atoms with Crippen molar-refractivity contribution in [3.63, 3.8) is 0 Å². The number of hydrogen-bond donors (Lipinski definition) is 3. The monoisotopic (exact) mass is 402 g/mol. The first-order chi connectivity index (χ1) is 13.0. The first-order valence-electron chi connectivity index (χ1n) is 9.03. The second kappa shape index (κ2) is 7.10. The highest BCUT2D eigenvalue weighted by Crippen LogP contribution is 2.52. The molecule has 1 heterocycles. The van der Waals surface area contributed by atoms with Gasteiger partial charge in [0, 0.05) is 23.0 Å². The number of nitrogens with one attached hydrogen (secondary N) is 2. The Balaban J connectivity index is 1.85. The standard InChI is InChI=1S/C21H20Cl2N2O2/c1-2-24-21(27)15-8-4-7-13-12-5-3-6-14(12)19(25-18(13)15)16-9-11(22)10-17(23)20(16)26/h3-5,7-10,12,14,19,25-26H,2,6H2,1H3,(H,24,27). The van der Waals surface area contributed by atoms with Gasteiger partial charge >= 0.3 is 0 Å². The number of fused-ring (bicyclic) bond motifs is 3. The molecule has 1 aliphatic carbocycles. The molecule has 0 fully saturated rings. The van der Waals surface area contributed by atoms with Crippen LogP contribution in [0.3, 0.4) is 0 Å². The fourth-order valence-corrected chi connectivity index (χ4v) is 4.71. The summed E-state index contributed by atoms with van der Waals surface area (Å²) in [5.41, 5.74) is 3.16. The molecule has 0 radical (unpaired) electrons. The minimum absolute atomic E-state index is 0.0307. The van der Waals surface area contributed by atoms with Crippen LogP contribution in [-0.2, 0) is 0 Å². The van der Waals surface area contributed by atoms with Gasteiger partial charge in [-0.1, -0.05) is 47.5 Å². The highest BCUT2D eigenvalue weighted by atomic mass is 35.5. The van der Waals surface area contributed by atoms with Gasteiger partial charge in [-0.3, -0.25) is 4.79 Å². The number of para-hydroxylation sites is 1. The summed E-state index contributed by atoms with van der Waals surface area (Å²) >= 11 is 12.4. The van der Waals surface area contributed by atoms with Gasteiger partial charge < -0.3 is 15.7 Å². The molecule has 2 aliphatic rings. The summed E-state index contributed by atoms with van der Waals surface area (Å²) in [6, 6.07) is 8.86. The SMILES string of the molecule is CCNC(=O)c1cccc2c1NC(c1cc(Cl)cc(Cl)c1O)C1CC=CC21. The Labute approximate surface area is 168 Å². The van der Waals surface area contributed by atoms with Gasteiger partial charge in [-0.15, -0.1) is 0 Å². The van der Waals surface area contributed by atoms with E-state index in [-0.39, 0.29) is 34.6 Å². The van der Waals surface area contributed by atoms with Crippen LogP contribution in [0, 0.1) is 5.92 Å². The Morgan fingerprint density at radius 2 is 2.11 bits per heavy atom. The molecule has 0 aromatic heterocycles. The van der Waals surface area contributed by atoms with E-state index in [1.54, 1.807) is 6.07 Å². The Kier molecular flexibility index (Phi) is 4.79. The molecule has 0 spiro atoms. The molecule has 2 aromatic carbocycles. The normalized spacial score (nSPS) is 22.7. The van der Waals surface area contributed by atoms with E-state index in [0.717, 1.165) is 17.7 Å². The summed E-state index contributed by atoms with van der Waals surface area (Å²) in [5, 5.41) is 17.7. The van der Waals surface area contributed by atoms with Gasteiger partial charge in [0.15, 0.2) is 0 Å². The largest absolute Gasteiger partial charge is 0.506 e. The van der Waals surface area contributed by atoms with Gasteiger partial charge in [0.1, 0.15) is 5.75 Å². The van der Waals surface area contributed by atoms with Crippen LogP contribution in [0.15, 0.2) is 42.5 Å². The zero-order valence-electron chi connectivity index (χ0n) is 14.8. The summed E-state index contributed by atoms with van der Waals surface area (Å²) in [5.74, 6) is 0.290. The van der Waals surface area contributed by atoms with Crippen LogP contribution >= 0.6 is 23.2 Å². The molecule has 0 bridgehead atoms. The lowest BCUT2D eigenvalue weighted by molar-refractivity contribution is 0.0956. The quantitative estimate of drug-likeness (QED) is 0.612. The maximum atomic E-state index is 12.6. The van der Waals surface area contributed by atoms with Gasteiger partial charge in [-0.25, -0.2) is 0 Å². The number of carbonyl (C=O) groups excluding carboxylic acids is 1. The number of phenolic OH excluding ortho intramolecular Hbond substituents is 1. The molecule has 1 aliphatic heterocycles. The molecule has 27 heavy (non-hydrogen) atoms. The number of halogens is 2. The summed E-state index contributed by atoms with van der Waals surface area (Å²) in [4.78, 5) is 12.6. The second-order valence-electron chi connectivity index (χ2n) is 6.93. The van der Waals surface area contributed by atoms with E-state index < -0.39 is 0 Å². The van der Waals surface area contributed by atoms with Crippen molar-refractivity contribution in [2.45, 2.75) is 25.3 Å². The van der Waals surface area contributed by atoms with Crippen molar-refractivity contribution in [3.05, 3.63) is 69.2 Å².